The van der Waals surface area contributed by atoms with Crippen LogP contribution in [0.1, 0.15) is 26.7 Å². The van der Waals surface area contributed by atoms with Crippen LogP contribution >= 0.6 is 0 Å². The molecule has 0 aromatic rings. The van der Waals surface area contributed by atoms with Gasteiger partial charge < -0.3 is 0 Å². The number of hydrogen-bond donors (Lipinski definition) is 1. The van der Waals surface area contributed by atoms with E-state index in [2.05, 4.69) is 19.3 Å². The predicted octanol–water partition coefficient (Wildman–Crippen LogP) is 1.59. The Morgan fingerprint density at radius 2 is 2.56 bits per heavy atom. The molecule has 1 rings (SSSR count). The van der Waals surface area contributed by atoms with Crippen molar-refractivity contribution >= 4 is 0 Å². The zero-order valence-corrected chi connectivity index (χ0v) is 5.98. The molecular formula is C7H13NO. The van der Waals surface area contributed by atoms with Crippen molar-refractivity contribution in [2.45, 2.75) is 32.8 Å². The molecule has 0 amide bonds. The van der Waals surface area contributed by atoms with Crippen molar-refractivity contribution < 1.29 is 4.84 Å². The normalized spacial score (nSPS) is 28.2. The van der Waals surface area contributed by atoms with Crippen molar-refractivity contribution in [2.75, 3.05) is 0 Å². The third-order valence-corrected chi connectivity index (χ3v) is 1.52. The lowest BCUT2D eigenvalue weighted by molar-refractivity contribution is 0.0105. The summed E-state index contributed by atoms with van der Waals surface area (Å²) >= 11 is 0. The Morgan fingerprint density at radius 3 is 3.33 bits per heavy atom. The molecule has 1 aliphatic heterocycles. The first-order chi connectivity index (χ1) is 4.29. The Balaban J connectivity index is 2.39. The molecule has 1 aliphatic rings. The smallest absolute Gasteiger partial charge is 0.0828 e. The highest BCUT2D eigenvalue weighted by Gasteiger charge is 2.04. The standard InChI is InChI=1S/C7H13NO/c1-6-3-4-7(2)9-8-5-6/h5,7-8H,3-4H2,1-2H3. The molecule has 0 radical (unpaired) electrons. The second-order valence-corrected chi connectivity index (χ2v) is 2.58. The first-order valence-corrected chi connectivity index (χ1v) is 3.36. The fraction of sp³-hybridized carbons (Fsp3) is 0.714. The molecule has 0 aromatic heterocycles. The fourth-order valence-electron chi connectivity index (χ4n) is 0.813. The third kappa shape index (κ3) is 2.06. The third-order valence-electron chi connectivity index (χ3n) is 1.52. The van der Waals surface area contributed by atoms with Gasteiger partial charge >= 0.3 is 0 Å². The zero-order valence-electron chi connectivity index (χ0n) is 5.98. The lowest BCUT2D eigenvalue weighted by Crippen LogP contribution is -2.14. The Bertz CT molecular complexity index is 120. The average molecular weight is 127 g/mol. The fourth-order valence-corrected chi connectivity index (χ4v) is 0.813. The van der Waals surface area contributed by atoms with Gasteiger partial charge in [0.1, 0.15) is 0 Å². The molecule has 0 aromatic carbocycles. The summed E-state index contributed by atoms with van der Waals surface area (Å²) in [7, 11) is 0. The molecule has 0 spiro atoms. The van der Waals surface area contributed by atoms with E-state index in [1.54, 1.807) is 0 Å². The van der Waals surface area contributed by atoms with Crippen molar-refractivity contribution in [3.8, 4) is 0 Å². The summed E-state index contributed by atoms with van der Waals surface area (Å²) in [5, 5.41) is 0. The molecule has 2 heteroatoms. The van der Waals surface area contributed by atoms with Crippen LogP contribution in [-0.4, -0.2) is 6.10 Å². The van der Waals surface area contributed by atoms with Gasteiger partial charge in [0.2, 0.25) is 0 Å². The van der Waals surface area contributed by atoms with E-state index in [0.717, 1.165) is 12.8 Å². The van der Waals surface area contributed by atoms with Gasteiger partial charge in [0.05, 0.1) is 6.10 Å². The number of nitrogens with one attached hydrogen (secondary N) is 1. The van der Waals surface area contributed by atoms with Crippen LogP contribution in [0.25, 0.3) is 0 Å². The summed E-state index contributed by atoms with van der Waals surface area (Å²) in [5.41, 5.74) is 4.15. The minimum absolute atomic E-state index is 0.346. The zero-order chi connectivity index (χ0) is 6.69. The molecule has 1 N–H and O–H groups in total. The lowest BCUT2D eigenvalue weighted by atomic mass is 10.1. The largest absolute Gasteiger partial charge is 0.274 e. The molecule has 1 unspecified atom stereocenters. The molecule has 9 heavy (non-hydrogen) atoms. The molecule has 0 aliphatic carbocycles. The van der Waals surface area contributed by atoms with Crippen LogP contribution in [0.15, 0.2) is 11.8 Å². The topological polar surface area (TPSA) is 21.3 Å². The number of rotatable bonds is 0. The van der Waals surface area contributed by atoms with Crippen LogP contribution in [0.5, 0.6) is 0 Å². The van der Waals surface area contributed by atoms with Gasteiger partial charge in [-0.15, -0.1) is 0 Å². The number of hydroxylamine groups is 1. The maximum Gasteiger partial charge on any atom is 0.0828 e. The van der Waals surface area contributed by atoms with Gasteiger partial charge in [-0.05, 0) is 26.7 Å². The maximum absolute atomic E-state index is 5.15. The van der Waals surface area contributed by atoms with Crippen molar-refractivity contribution in [2.24, 2.45) is 0 Å². The van der Waals surface area contributed by atoms with E-state index < -0.39 is 0 Å². The molecular weight excluding hydrogens is 114 g/mol. The van der Waals surface area contributed by atoms with E-state index >= 15 is 0 Å². The SMILES string of the molecule is CC1=CNOC(C)CC1. The Morgan fingerprint density at radius 1 is 1.78 bits per heavy atom. The monoisotopic (exact) mass is 127 g/mol. The quantitative estimate of drug-likeness (QED) is 0.533. The van der Waals surface area contributed by atoms with Crippen molar-refractivity contribution in [1.82, 2.24) is 5.48 Å². The van der Waals surface area contributed by atoms with E-state index in [9.17, 15) is 0 Å². The second-order valence-electron chi connectivity index (χ2n) is 2.58. The number of allylic oxidation sites excluding steroid dienone is 1. The Labute approximate surface area is 55.9 Å². The van der Waals surface area contributed by atoms with Crippen molar-refractivity contribution in [3.63, 3.8) is 0 Å². The first-order valence-electron chi connectivity index (χ1n) is 3.36. The molecule has 0 saturated heterocycles. The van der Waals surface area contributed by atoms with Crippen LogP contribution in [0.3, 0.4) is 0 Å². The summed E-state index contributed by atoms with van der Waals surface area (Å²) in [6.07, 6.45) is 4.53. The summed E-state index contributed by atoms with van der Waals surface area (Å²) in [5.74, 6) is 0. The van der Waals surface area contributed by atoms with Gasteiger partial charge in [-0.1, -0.05) is 5.57 Å². The molecule has 2 nitrogen and oxygen atoms in total. The molecule has 52 valence electrons. The minimum atomic E-state index is 0.346. The highest BCUT2D eigenvalue weighted by molar-refractivity contribution is 4.96. The van der Waals surface area contributed by atoms with E-state index in [1.807, 2.05) is 6.20 Å². The van der Waals surface area contributed by atoms with Gasteiger partial charge in [0.25, 0.3) is 0 Å². The lowest BCUT2D eigenvalue weighted by Gasteiger charge is -2.05. The van der Waals surface area contributed by atoms with Crippen LogP contribution in [0.4, 0.5) is 0 Å². The van der Waals surface area contributed by atoms with Crippen LogP contribution in [0, 0.1) is 0 Å². The van der Waals surface area contributed by atoms with Gasteiger partial charge in [-0.3, -0.25) is 10.3 Å². The van der Waals surface area contributed by atoms with E-state index in [0.29, 0.717) is 6.10 Å². The predicted molar refractivity (Wildman–Crippen MR) is 36.7 cm³/mol. The molecule has 1 heterocycles. The average Bonchev–Trinajstić information content (AvgIpc) is 1.97. The second kappa shape index (κ2) is 2.87. The minimum Gasteiger partial charge on any atom is -0.274 e. The highest BCUT2D eigenvalue weighted by atomic mass is 16.7. The molecule has 0 fully saturated rings. The summed E-state index contributed by atoms with van der Waals surface area (Å²) < 4.78 is 0. The maximum atomic E-state index is 5.15. The summed E-state index contributed by atoms with van der Waals surface area (Å²) in [6.45, 7) is 4.17. The van der Waals surface area contributed by atoms with Crippen molar-refractivity contribution in [3.05, 3.63) is 11.8 Å². The summed E-state index contributed by atoms with van der Waals surface area (Å²) in [4.78, 5) is 5.15. The number of hydrogen-bond acceptors (Lipinski definition) is 2. The first kappa shape index (κ1) is 6.62. The van der Waals surface area contributed by atoms with Gasteiger partial charge in [-0.25, -0.2) is 0 Å². The summed E-state index contributed by atoms with van der Waals surface area (Å²) in [6, 6.07) is 0. The van der Waals surface area contributed by atoms with Crippen LogP contribution < -0.4 is 5.48 Å². The molecule has 1 atom stereocenters. The van der Waals surface area contributed by atoms with E-state index in [4.69, 9.17) is 4.84 Å². The van der Waals surface area contributed by atoms with E-state index in [-0.39, 0.29) is 0 Å². The molecule has 0 saturated carbocycles. The van der Waals surface area contributed by atoms with Gasteiger partial charge in [0, 0.05) is 6.20 Å². The van der Waals surface area contributed by atoms with Crippen molar-refractivity contribution in [1.29, 1.82) is 0 Å². The highest BCUT2D eigenvalue weighted by Crippen LogP contribution is 2.10. The Kier molecular flexibility index (Phi) is 2.11. The van der Waals surface area contributed by atoms with Gasteiger partial charge in [0.15, 0.2) is 0 Å². The Hall–Kier alpha value is -0.500. The van der Waals surface area contributed by atoms with E-state index in [1.165, 1.54) is 5.57 Å². The molecule has 0 bridgehead atoms. The van der Waals surface area contributed by atoms with Crippen LogP contribution in [0.2, 0.25) is 0 Å². The van der Waals surface area contributed by atoms with Crippen LogP contribution in [-0.2, 0) is 4.84 Å². The van der Waals surface area contributed by atoms with Gasteiger partial charge in [-0.2, -0.15) is 0 Å².